The number of amides is 1. The van der Waals surface area contributed by atoms with Crippen LogP contribution in [-0.4, -0.2) is 15.7 Å². The standard InChI is InChI=1S/C19H17BrN4O2S/c1-10-17(20)11(2)24(23-10)9-12-6-7-15(26-12)18(25)22-19-14(8-21)13-4-3-5-16(13)27-19/h6-7H,3-5,9H2,1-2H3,(H,22,25). The van der Waals surface area contributed by atoms with E-state index in [4.69, 9.17) is 4.42 Å². The van der Waals surface area contributed by atoms with E-state index in [9.17, 15) is 10.1 Å². The number of carbonyl (C=O) groups excluding carboxylic acids is 1. The molecule has 27 heavy (non-hydrogen) atoms. The molecule has 3 aromatic heterocycles. The number of carbonyl (C=O) groups is 1. The third kappa shape index (κ3) is 3.22. The second-order valence-corrected chi connectivity index (χ2v) is 8.43. The van der Waals surface area contributed by atoms with E-state index in [0.29, 0.717) is 22.9 Å². The molecule has 0 radical (unpaired) electrons. The zero-order valence-corrected chi connectivity index (χ0v) is 17.3. The van der Waals surface area contributed by atoms with Crippen molar-refractivity contribution in [3.63, 3.8) is 0 Å². The molecule has 0 fully saturated rings. The van der Waals surface area contributed by atoms with Gasteiger partial charge in [-0.3, -0.25) is 9.48 Å². The number of fused-ring (bicyclic) bond motifs is 1. The average Bonchev–Trinajstić information content (AvgIpc) is 3.38. The Bertz CT molecular complexity index is 1090. The number of hydrogen-bond acceptors (Lipinski definition) is 5. The highest BCUT2D eigenvalue weighted by Gasteiger charge is 2.24. The molecule has 6 nitrogen and oxygen atoms in total. The summed E-state index contributed by atoms with van der Waals surface area (Å²) in [6.45, 7) is 4.35. The second-order valence-electron chi connectivity index (χ2n) is 6.54. The van der Waals surface area contributed by atoms with E-state index >= 15 is 0 Å². The molecule has 0 aliphatic heterocycles. The van der Waals surface area contributed by atoms with Gasteiger partial charge in [0.2, 0.25) is 0 Å². The summed E-state index contributed by atoms with van der Waals surface area (Å²) < 4.78 is 8.51. The van der Waals surface area contributed by atoms with Gasteiger partial charge in [-0.15, -0.1) is 11.3 Å². The van der Waals surface area contributed by atoms with E-state index in [1.807, 2.05) is 18.5 Å². The lowest BCUT2D eigenvalue weighted by Crippen LogP contribution is -2.11. The highest BCUT2D eigenvalue weighted by Crippen LogP contribution is 2.38. The number of nitrogens with one attached hydrogen (secondary N) is 1. The van der Waals surface area contributed by atoms with Crippen LogP contribution >= 0.6 is 27.3 Å². The number of halogens is 1. The van der Waals surface area contributed by atoms with Crippen LogP contribution in [-0.2, 0) is 19.4 Å². The quantitative estimate of drug-likeness (QED) is 0.637. The van der Waals surface area contributed by atoms with E-state index in [1.165, 1.54) is 16.2 Å². The molecule has 0 unspecified atom stereocenters. The SMILES string of the molecule is Cc1nn(Cc2ccc(C(=O)Nc3sc4c(c3C#N)CCC4)o2)c(C)c1Br. The van der Waals surface area contributed by atoms with Crippen LogP contribution in [0, 0.1) is 25.2 Å². The minimum atomic E-state index is -0.341. The van der Waals surface area contributed by atoms with Crippen LogP contribution in [0.4, 0.5) is 5.00 Å². The van der Waals surface area contributed by atoms with Gasteiger partial charge in [0, 0.05) is 4.88 Å². The Hall–Kier alpha value is -2.37. The Morgan fingerprint density at radius 1 is 1.44 bits per heavy atom. The van der Waals surface area contributed by atoms with Crippen molar-refractivity contribution in [2.45, 2.75) is 39.7 Å². The van der Waals surface area contributed by atoms with Gasteiger partial charge in [-0.2, -0.15) is 10.4 Å². The first-order valence-electron chi connectivity index (χ1n) is 8.62. The molecule has 1 N–H and O–H groups in total. The first-order valence-corrected chi connectivity index (χ1v) is 10.2. The number of hydrogen-bond donors (Lipinski definition) is 1. The topological polar surface area (TPSA) is 83.9 Å². The highest BCUT2D eigenvalue weighted by atomic mass is 79.9. The van der Waals surface area contributed by atoms with Crippen molar-refractivity contribution in [3.8, 4) is 6.07 Å². The third-order valence-electron chi connectivity index (χ3n) is 4.74. The Morgan fingerprint density at radius 2 is 2.26 bits per heavy atom. The summed E-state index contributed by atoms with van der Waals surface area (Å²) in [4.78, 5) is 13.8. The van der Waals surface area contributed by atoms with E-state index in [0.717, 1.165) is 40.7 Å². The van der Waals surface area contributed by atoms with Gasteiger partial charge in [-0.1, -0.05) is 0 Å². The molecule has 1 aliphatic carbocycles. The first kappa shape index (κ1) is 18.0. The number of rotatable bonds is 4. The maximum absolute atomic E-state index is 12.6. The predicted octanol–water partition coefficient (Wildman–Crippen LogP) is 4.58. The molecule has 0 bridgehead atoms. The molecule has 0 saturated heterocycles. The van der Waals surface area contributed by atoms with Crippen LogP contribution in [0.2, 0.25) is 0 Å². The molecule has 0 atom stereocenters. The van der Waals surface area contributed by atoms with Crippen molar-refractivity contribution >= 4 is 38.2 Å². The van der Waals surface area contributed by atoms with Crippen molar-refractivity contribution < 1.29 is 9.21 Å². The fourth-order valence-corrected chi connectivity index (χ4v) is 4.86. The van der Waals surface area contributed by atoms with Gasteiger partial charge < -0.3 is 9.73 Å². The summed E-state index contributed by atoms with van der Waals surface area (Å²) in [5.41, 5.74) is 3.60. The Morgan fingerprint density at radius 3 is 2.96 bits per heavy atom. The number of anilines is 1. The number of nitriles is 1. The van der Waals surface area contributed by atoms with Gasteiger partial charge in [0.15, 0.2) is 5.76 Å². The lowest BCUT2D eigenvalue weighted by Gasteiger charge is -2.03. The van der Waals surface area contributed by atoms with Crippen LogP contribution in [0.25, 0.3) is 0 Å². The lowest BCUT2D eigenvalue weighted by molar-refractivity contribution is 0.0995. The normalized spacial score (nSPS) is 12.8. The van der Waals surface area contributed by atoms with Crippen molar-refractivity contribution in [1.82, 2.24) is 9.78 Å². The predicted molar refractivity (Wildman–Crippen MR) is 106 cm³/mol. The number of aromatic nitrogens is 2. The second kappa shape index (κ2) is 6.98. The van der Waals surface area contributed by atoms with Crippen LogP contribution in [0.5, 0.6) is 0 Å². The van der Waals surface area contributed by atoms with Gasteiger partial charge in [0.25, 0.3) is 5.91 Å². The summed E-state index contributed by atoms with van der Waals surface area (Å²) in [6.07, 6.45) is 2.97. The van der Waals surface area contributed by atoms with Crippen molar-refractivity contribution in [2.75, 3.05) is 5.32 Å². The van der Waals surface area contributed by atoms with Crippen molar-refractivity contribution in [3.05, 3.63) is 55.5 Å². The van der Waals surface area contributed by atoms with Gasteiger partial charge in [0.1, 0.15) is 16.8 Å². The summed E-state index contributed by atoms with van der Waals surface area (Å²) >= 11 is 5.00. The summed E-state index contributed by atoms with van der Waals surface area (Å²) in [5, 5.41) is 17.4. The fraction of sp³-hybridized carbons (Fsp3) is 0.316. The number of thiophene rings is 1. The highest BCUT2D eigenvalue weighted by molar-refractivity contribution is 9.10. The first-order chi connectivity index (χ1) is 13.0. The zero-order valence-electron chi connectivity index (χ0n) is 14.9. The molecule has 8 heteroatoms. The van der Waals surface area contributed by atoms with Crippen molar-refractivity contribution in [1.29, 1.82) is 5.26 Å². The summed E-state index contributed by atoms with van der Waals surface area (Å²) in [5.74, 6) is 0.530. The number of nitrogens with zero attached hydrogens (tertiary/aromatic N) is 3. The van der Waals surface area contributed by atoms with Gasteiger partial charge >= 0.3 is 0 Å². The minimum Gasteiger partial charge on any atom is -0.454 e. The largest absolute Gasteiger partial charge is 0.454 e. The molecule has 4 rings (SSSR count). The number of furan rings is 1. The fourth-order valence-electron chi connectivity index (χ4n) is 3.34. The molecule has 3 heterocycles. The average molecular weight is 445 g/mol. The summed E-state index contributed by atoms with van der Waals surface area (Å²) in [6, 6.07) is 5.66. The van der Waals surface area contributed by atoms with Gasteiger partial charge in [0.05, 0.1) is 28.0 Å². The Labute approximate surface area is 168 Å². The molecule has 1 aliphatic rings. The van der Waals surface area contributed by atoms with E-state index in [2.05, 4.69) is 32.4 Å². The molecule has 1 amide bonds. The molecule has 0 aromatic carbocycles. The summed E-state index contributed by atoms with van der Waals surface area (Å²) in [7, 11) is 0. The molecular formula is C19H17BrN4O2S. The smallest absolute Gasteiger partial charge is 0.292 e. The van der Waals surface area contributed by atoms with E-state index in [-0.39, 0.29) is 11.7 Å². The van der Waals surface area contributed by atoms with Crippen LogP contribution < -0.4 is 5.32 Å². The van der Waals surface area contributed by atoms with Crippen LogP contribution in [0.3, 0.4) is 0 Å². The van der Waals surface area contributed by atoms with E-state index < -0.39 is 0 Å². The maximum atomic E-state index is 12.6. The lowest BCUT2D eigenvalue weighted by atomic mass is 10.1. The molecular weight excluding hydrogens is 428 g/mol. The zero-order chi connectivity index (χ0) is 19.1. The van der Waals surface area contributed by atoms with Crippen LogP contribution in [0.1, 0.15) is 50.1 Å². The van der Waals surface area contributed by atoms with Gasteiger partial charge in [-0.05, 0) is 66.7 Å². The molecule has 138 valence electrons. The maximum Gasteiger partial charge on any atom is 0.292 e. The monoisotopic (exact) mass is 444 g/mol. The van der Waals surface area contributed by atoms with Crippen LogP contribution in [0.15, 0.2) is 21.0 Å². The molecule has 0 saturated carbocycles. The Balaban J connectivity index is 1.51. The minimum absolute atomic E-state index is 0.225. The molecule has 3 aromatic rings. The number of aryl methyl sites for hydroxylation is 2. The molecule has 0 spiro atoms. The van der Waals surface area contributed by atoms with Crippen molar-refractivity contribution in [2.24, 2.45) is 0 Å². The Kier molecular flexibility index (Phi) is 4.66. The van der Waals surface area contributed by atoms with E-state index in [1.54, 1.807) is 12.1 Å². The van der Waals surface area contributed by atoms with Gasteiger partial charge in [-0.25, -0.2) is 0 Å². The third-order valence-corrected chi connectivity index (χ3v) is 7.10.